The molecule has 0 rings (SSSR count). The predicted molar refractivity (Wildman–Crippen MR) is 23.9 cm³/mol. The second kappa shape index (κ2) is 2.26. The van der Waals surface area contributed by atoms with Crippen LogP contribution in [-0.2, 0) is 0 Å². The lowest BCUT2D eigenvalue weighted by Crippen LogP contribution is -2.28. The van der Waals surface area contributed by atoms with Crippen LogP contribution in [0.4, 0.5) is 0 Å². The maximum atomic E-state index is 8.58. The molecule has 0 aliphatic rings. The Balaban J connectivity index is 3.36. The number of aliphatic hydroxyl groups is 3. The molecule has 1 radical (unpaired) electrons. The number of aliphatic hydroxyl groups excluding tert-OH is 2. The minimum atomic E-state index is -1.43. The van der Waals surface area contributed by atoms with Gasteiger partial charge in [-0.25, -0.2) is 0 Å². The first-order valence-corrected chi connectivity index (χ1v) is 1.94. The Morgan fingerprint density at radius 1 is 1.71 bits per heavy atom. The van der Waals surface area contributed by atoms with Gasteiger partial charge in [0.05, 0.1) is 6.61 Å². The summed E-state index contributed by atoms with van der Waals surface area (Å²) in [5.74, 6) is 0. The van der Waals surface area contributed by atoms with E-state index in [4.69, 9.17) is 15.3 Å². The SMILES string of the molecule is CC(O)([CH]O)CO. The van der Waals surface area contributed by atoms with Crippen LogP contribution in [0.25, 0.3) is 0 Å². The highest BCUT2D eigenvalue weighted by atomic mass is 16.4. The minimum Gasteiger partial charge on any atom is -0.393 e. The summed E-state index contributed by atoms with van der Waals surface area (Å²) in [7, 11) is 0. The van der Waals surface area contributed by atoms with Gasteiger partial charge in [0.15, 0.2) is 0 Å². The molecule has 1 atom stereocenters. The molecule has 0 fully saturated rings. The first kappa shape index (κ1) is 6.88. The summed E-state index contributed by atoms with van der Waals surface area (Å²) in [5, 5.41) is 24.8. The summed E-state index contributed by atoms with van der Waals surface area (Å²) >= 11 is 0. The Morgan fingerprint density at radius 3 is 2.14 bits per heavy atom. The molecule has 3 N–H and O–H groups in total. The van der Waals surface area contributed by atoms with Crippen molar-refractivity contribution in [3.05, 3.63) is 6.61 Å². The Hall–Kier alpha value is -0.120. The average molecular weight is 105 g/mol. The van der Waals surface area contributed by atoms with E-state index in [1.807, 2.05) is 0 Å². The van der Waals surface area contributed by atoms with Crippen LogP contribution < -0.4 is 0 Å². The highest BCUT2D eigenvalue weighted by molar-refractivity contribution is 4.78. The van der Waals surface area contributed by atoms with Crippen molar-refractivity contribution in [1.29, 1.82) is 0 Å². The van der Waals surface area contributed by atoms with Crippen molar-refractivity contribution in [2.24, 2.45) is 0 Å². The molecule has 3 heteroatoms. The van der Waals surface area contributed by atoms with E-state index < -0.39 is 12.2 Å². The quantitative estimate of drug-likeness (QED) is 0.433. The molecule has 0 aromatic heterocycles. The standard InChI is InChI=1S/C4H9O3/c1-4(7,2-5)3-6/h2,5-7H,3H2,1H3. The molecule has 1 unspecified atom stereocenters. The van der Waals surface area contributed by atoms with Crippen LogP contribution >= 0.6 is 0 Å². The maximum Gasteiger partial charge on any atom is 0.113 e. The number of hydrogen-bond acceptors (Lipinski definition) is 3. The predicted octanol–water partition coefficient (Wildman–Crippen LogP) is -0.736. The van der Waals surface area contributed by atoms with E-state index in [1.165, 1.54) is 6.92 Å². The highest BCUT2D eigenvalue weighted by Crippen LogP contribution is 2.01. The van der Waals surface area contributed by atoms with Crippen LogP contribution in [0.5, 0.6) is 0 Å². The Morgan fingerprint density at radius 2 is 2.14 bits per heavy atom. The van der Waals surface area contributed by atoms with Gasteiger partial charge in [-0.15, -0.1) is 0 Å². The zero-order chi connectivity index (χ0) is 5.91. The molecule has 0 saturated carbocycles. The van der Waals surface area contributed by atoms with Crippen LogP contribution in [0.3, 0.4) is 0 Å². The first-order valence-electron chi connectivity index (χ1n) is 1.94. The summed E-state index contributed by atoms with van der Waals surface area (Å²) in [6.45, 7) is 1.39. The second-order valence-corrected chi connectivity index (χ2v) is 1.64. The largest absolute Gasteiger partial charge is 0.393 e. The Bertz CT molecular complexity index is 44.9. The van der Waals surface area contributed by atoms with Gasteiger partial charge in [0.25, 0.3) is 0 Å². The van der Waals surface area contributed by atoms with E-state index in [1.54, 1.807) is 0 Å². The van der Waals surface area contributed by atoms with Crippen molar-refractivity contribution in [2.75, 3.05) is 6.61 Å². The molecule has 0 amide bonds. The summed E-state index contributed by atoms with van der Waals surface area (Å²) in [6, 6.07) is 0. The normalized spacial score (nSPS) is 12.0. The monoisotopic (exact) mass is 105 g/mol. The minimum absolute atomic E-state index is 0.455. The van der Waals surface area contributed by atoms with Gasteiger partial charge in [-0.3, -0.25) is 0 Å². The van der Waals surface area contributed by atoms with Crippen LogP contribution in [0.15, 0.2) is 0 Å². The lowest BCUT2D eigenvalue weighted by molar-refractivity contribution is -0.00517. The van der Waals surface area contributed by atoms with Gasteiger partial charge in [0.1, 0.15) is 12.2 Å². The molecule has 3 nitrogen and oxygen atoms in total. The van der Waals surface area contributed by atoms with Crippen LogP contribution in [-0.4, -0.2) is 27.5 Å². The van der Waals surface area contributed by atoms with Gasteiger partial charge >= 0.3 is 0 Å². The molecule has 0 aliphatic heterocycles. The van der Waals surface area contributed by atoms with Gasteiger partial charge in [-0.05, 0) is 6.92 Å². The van der Waals surface area contributed by atoms with Crippen molar-refractivity contribution in [1.82, 2.24) is 0 Å². The lowest BCUT2D eigenvalue weighted by Gasteiger charge is -2.14. The molecule has 0 spiro atoms. The third-order valence-corrected chi connectivity index (χ3v) is 0.598. The number of hydrogen-bond donors (Lipinski definition) is 3. The van der Waals surface area contributed by atoms with Crippen LogP contribution in [0, 0.1) is 6.61 Å². The van der Waals surface area contributed by atoms with Gasteiger partial charge in [-0.2, -0.15) is 0 Å². The zero-order valence-electron chi connectivity index (χ0n) is 4.13. The zero-order valence-corrected chi connectivity index (χ0v) is 4.13. The Kier molecular flexibility index (Phi) is 2.22. The molecule has 43 valence electrons. The fraction of sp³-hybridized carbons (Fsp3) is 0.750. The Labute approximate surface area is 42.2 Å². The molecular formula is C4H9O3. The molecule has 0 aromatic carbocycles. The van der Waals surface area contributed by atoms with Crippen molar-refractivity contribution in [2.45, 2.75) is 12.5 Å². The van der Waals surface area contributed by atoms with Crippen molar-refractivity contribution < 1.29 is 15.3 Å². The third kappa shape index (κ3) is 2.56. The van der Waals surface area contributed by atoms with Crippen LogP contribution in [0.2, 0.25) is 0 Å². The fourth-order valence-corrected chi connectivity index (χ4v) is 0.0408. The summed E-state index contributed by atoms with van der Waals surface area (Å²) in [6.07, 6.45) is 0. The van der Waals surface area contributed by atoms with E-state index in [-0.39, 0.29) is 0 Å². The maximum absolute atomic E-state index is 8.58. The molecule has 0 saturated heterocycles. The van der Waals surface area contributed by atoms with Crippen molar-refractivity contribution >= 4 is 0 Å². The number of rotatable bonds is 2. The van der Waals surface area contributed by atoms with E-state index in [0.29, 0.717) is 6.61 Å². The van der Waals surface area contributed by atoms with Gasteiger partial charge < -0.3 is 15.3 Å². The van der Waals surface area contributed by atoms with Crippen molar-refractivity contribution in [3.8, 4) is 0 Å². The van der Waals surface area contributed by atoms with E-state index in [2.05, 4.69) is 0 Å². The molecule has 0 aromatic rings. The van der Waals surface area contributed by atoms with Gasteiger partial charge in [0.2, 0.25) is 0 Å². The van der Waals surface area contributed by atoms with E-state index >= 15 is 0 Å². The summed E-state index contributed by atoms with van der Waals surface area (Å²) < 4.78 is 0. The second-order valence-electron chi connectivity index (χ2n) is 1.64. The smallest absolute Gasteiger partial charge is 0.113 e. The van der Waals surface area contributed by atoms with E-state index in [9.17, 15) is 0 Å². The first-order chi connectivity index (χ1) is 3.12. The summed E-state index contributed by atoms with van der Waals surface area (Å²) in [5.41, 5.74) is -1.43. The molecular weight excluding hydrogens is 96.0 g/mol. The van der Waals surface area contributed by atoms with Gasteiger partial charge in [0, 0.05) is 0 Å². The topological polar surface area (TPSA) is 60.7 Å². The van der Waals surface area contributed by atoms with Crippen molar-refractivity contribution in [3.63, 3.8) is 0 Å². The molecule has 0 aliphatic carbocycles. The van der Waals surface area contributed by atoms with Crippen LogP contribution in [0.1, 0.15) is 6.92 Å². The third-order valence-electron chi connectivity index (χ3n) is 0.598. The lowest BCUT2D eigenvalue weighted by atomic mass is 10.1. The highest BCUT2D eigenvalue weighted by Gasteiger charge is 2.16. The summed E-state index contributed by atoms with van der Waals surface area (Å²) in [4.78, 5) is 0. The average Bonchev–Trinajstić information content (AvgIpc) is 1.68. The molecule has 0 heterocycles. The molecule has 7 heavy (non-hydrogen) atoms. The van der Waals surface area contributed by atoms with E-state index in [0.717, 1.165) is 0 Å². The fourth-order valence-electron chi connectivity index (χ4n) is 0.0408. The molecule has 0 bridgehead atoms. The van der Waals surface area contributed by atoms with Gasteiger partial charge in [-0.1, -0.05) is 0 Å².